The molecule has 0 aromatic carbocycles. The van der Waals surface area contributed by atoms with Gasteiger partial charge in [0.25, 0.3) is 0 Å². The second-order valence-corrected chi connectivity index (χ2v) is 9.73. The Morgan fingerprint density at radius 3 is 2.46 bits per heavy atom. The minimum absolute atomic E-state index is 0.152. The van der Waals surface area contributed by atoms with Crippen LogP contribution in [0.2, 0.25) is 0 Å². The van der Waals surface area contributed by atoms with Crippen LogP contribution in [-0.2, 0) is 0 Å². The third-order valence-corrected chi connectivity index (χ3v) is 8.99. The molecule has 0 amide bonds. The van der Waals surface area contributed by atoms with Gasteiger partial charge in [0.2, 0.25) is 0 Å². The van der Waals surface area contributed by atoms with Crippen LogP contribution in [0, 0.1) is 34.5 Å². The summed E-state index contributed by atoms with van der Waals surface area (Å²) in [6, 6.07) is 0.191. The smallest absolute Gasteiger partial charge is 0.0836 e. The Hall–Kier alpha value is -0.380. The van der Waals surface area contributed by atoms with E-state index in [0.717, 1.165) is 19.3 Å². The second kappa shape index (κ2) is 5.56. The average molecular weight is 334 g/mol. The molecule has 9 atom stereocenters. The Balaban J connectivity index is 1.73. The number of aliphatic hydroxyl groups is 2. The Morgan fingerprint density at radius 2 is 1.75 bits per heavy atom. The largest absolute Gasteiger partial charge is 0.390 e. The number of hydrogen-bond donors (Lipinski definition) is 3. The van der Waals surface area contributed by atoms with Gasteiger partial charge >= 0.3 is 0 Å². The van der Waals surface area contributed by atoms with E-state index in [4.69, 9.17) is 5.73 Å². The summed E-state index contributed by atoms with van der Waals surface area (Å²) in [5, 5.41) is 22.1. The van der Waals surface area contributed by atoms with Crippen molar-refractivity contribution in [3.05, 3.63) is 11.6 Å². The van der Waals surface area contributed by atoms with Crippen molar-refractivity contribution in [1.29, 1.82) is 0 Å². The Morgan fingerprint density at radius 1 is 1.00 bits per heavy atom. The van der Waals surface area contributed by atoms with Crippen molar-refractivity contribution in [2.24, 2.45) is 40.2 Å². The molecule has 4 rings (SSSR count). The molecule has 136 valence electrons. The van der Waals surface area contributed by atoms with Crippen LogP contribution < -0.4 is 5.73 Å². The van der Waals surface area contributed by atoms with E-state index in [-0.39, 0.29) is 28.7 Å². The summed E-state index contributed by atoms with van der Waals surface area (Å²) >= 11 is 0. The molecule has 0 radical (unpaired) electrons. The molecule has 3 nitrogen and oxygen atoms in total. The van der Waals surface area contributed by atoms with Crippen molar-refractivity contribution in [3.63, 3.8) is 0 Å². The zero-order valence-corrected chi connectivity index (χ0v) is 15.5. The third kappa shape index (κ3) is 2.07. The monoisotopic (exact) mass is 333 g/mol. The van der Waals surface area contributed by atoms with Gasteiger partial charge in [-0.3, -0.25) is 0 Å². The van der Waals surface area contributed by atoms with E-state index < -0.39 is 12.2 Å². The van der Waals surface area contributed by atoms with Crippen molar-refractivity contribution in [2.45, 2.75) is 84.0 Å². The molecule has 0 saturated heterocycles. The number of aliphatic hydroxyl groups excluding tert-OH is 2. The maximum absolute atomic E-state index is 11.1. The normalized spacial score (nSPS) is 58.9. The van der Waals surface area contributed by atoms with Crippen molar-refractivity contribution in [3.8, 4) is 0 Å². The first kappa shape index (κ1) is 17.1. The number of nitrogens with two attached hydrogens (primary N) is 1. The van der Waals surface area contributed by atoms with Crippen LogP contribution in [0.1, 0.15) is 65.7 Å². The van der Waals surface area contributed by atoms with Gasteiger partial charge in [-0.05, 0) is 86.4 Å². The lowest BCUT2D eigenvalue weighted by molar-refractivity contribution is -0.210. The fraction of sp³-hybridized carbons (Fsp3) is 0.905. The molecule has 0 heterocycles. The predicted molar refractivity (Wildman–Crippen MR) is 96.2 cm³/mol. The first-order chi connectivity index (χ1) is 11.3. The number of fused-ring (bicyclic) bond motifs is 5. The van der Waals surface area contributed by atoms with Crippen LogP contribution in [0.4, 0.5) is 0 Å². The molecule has 4 N–H and O–H groups in total. The molecule has 0 aliphatic heterocycles. The van der Waals surface area contributed by atoms with Crippen LogP contribution in [0.5, 0.6) is 0 Å². The molecule has 3 heteroatoms. The fourth-order valence-corrected chi connectivity index (χ4v) is 7.61. The van der Waals surface area contributed by atoms with Crippen LogP contribution in [0.25, 0.3) is 0 Å². The quantitative estimate of drug-likeness (QED) is 0.596. The number of allylic oxidation sites excluding steroid dienone is 2. The zero-order chi connectivity index (χ0) is 17.3. The second-order valence-electron chi connectivity index (χ2n) is 9.73. The predicted octanol–water partition coefficient (Wildman–Crippen LogP) is 3.24. The Labute approximate surface area is 146 Å². The summed E-state index contributed by atoms with van der Waals surface area (Å²) in [4.78, 5) is 0. The lowest BCUT2D eigenvalue weighted by Crippen LogP contribution is -2.64. The van der Waals surface area contributed by atoms with Gasteiger partial charge in [-0.25, -0.2) is 0 Å². The van der Waals surface area contributed by atoms with Crippen molar-refractivity contribution < 1.29 is 10.2 Å². The Kier molecular flexibility index (Phi) is 3.95. The first-order valence-electron chi connectivity index (χ1n) is 10.1. The summed E-state index contributed by atoms with van der Waals surface area (Å²) in [5.41, 5.74) is 8.20. The molecule has 24 heavy (non-hydrogen) atoms. The lowest BCUT2D eigenvalue weighted by Gasteiger charge is -2.63. The van der Waals surface area contributed by atoms with E-state index >= 15 is 0 Å². The topological polar surface area (TPSA) is 66.5 Å². The fourth-order valence-electron chi connectivity index (χ4n) is 7.61. The number of rotatable bonds is 0. The van der Waals surface area contributed by atoms with Gasteiger partial charge in [0, 0.05) is 6.04 Å². The zero-order valence-electron chi connectivity index (χ0n) is 15.5. The van der Waals surface area contributed by atoms with Crippen molar-refractivity contribution in [1.82, 2.24) is 0 Å². The molecule has 0 aromatic rings. The molecule has 4 unspecified atom stereocenters. The van der Waals surface area contributed by atoms with E-state index in [2.05, 4.69) is 26.8 Å². The van der Waals surface area contributed by atoms with Crippen LogP contribution >= 0.6 is 0 Å². The number of hydrogen-bond acceptors (Lipinski definition) is 3. The molecular weight excluding hydrogens is 298 g/mol. The highest BCUT2D eigenvalue weighted by Gasteiger charge is 2.63. The van der Waals surface area contributed by atoms with E-state index in [9.17, 15) is 10.2 Å². The average Bonchev–Trinajstić information content (AvgIpc) is 2.90. The summed E-state index contributed by atoms with van der Waals surface area (Å²) in [5.74, 6) is 1.50. The van der Waals surface area contributed by atoms with Gasteiger partial charge in [-0.15, -0.1) is 0 Å². The molecule has 0 spiro atoms. The minimum atomic E-state index is -0.598. The van der Waals surface area contributed by atoms with Gasteiger partial charge in [0.05, 0.1) is 12.2 Å². The third-order valence-electron chi connectivity index (χ3n) is 8.99. The van der Waals surface area contributed by atoms with Crippen molar-refractivity contribution in [2.75, 3.05) is 0 Å². The summed E-state index contributed by atoms with van der Waals surface area (Å²) in [6.07, 6.45) is 9.01. The highest BCUT2D eigenvalue weighted by molar-refractivity contribution is 5.25. The summed E-state index contributed by atoms with van der Waals surface area (Å²) in [6.45, 7) is 6.98. The van der Waals surface area contributed by atoms with Crippen LogP contribution in [-0.4, -0.2) is 28.5 Å². The van der Waals surface area contributed by atoms with E-state index in [1.165, 1.54) is 25.7 Å². The summed E-state index contributed by atoms with van der Waals surface area (Å²) < 4.78 is 0. The van der Waals surface area contributed by atoms with E-state index in [1.807, 2.05) is 0 Å². The maximum atomic E-state index is 11.1. The van der Waals surface area contributed by atoms with E-state index in [0.29, 0.717) is 11.8 Å². The molecule has 0 aromatic heterocycles. The molecule has 4 aliphatic carbocycles. The highest BCUT2D eigenvalue weighted by atomic mass is 16.3. The SMILES string of the molecule is C/C=C1\CCC2C3C(CC[C@]12C)[C@@]1(C)CC[C@H](N)CC1[C@@H](O)[C@@H]3O. The van der Waals surface area contributed by atoms with Crippen molar-refractivity contribution >= 4 is 0 Å². The van der Waals surface area contributed by atoms with Gasteiger partial charge in [-0.1, -0.05) is 25.5 Å². The standard InChI is InChI=1S/C21H35NO2/c1-4-12-5-6-14-17-15(8-10-20(12,14)2)21(3)9-7-13(22)11-16(21)18(23)19(17)24/h4,13-19,23-24H,5-11,22H2,1-3H3/b12-4+/t13-,14?,15?,16?,17?,18+,19+,20+,21+/m0/s1. The molecule has 4 saturated carbocycles. The Bertz CT molecular complexity index is 546. The minimum Gasteiger partial charge on any atom is -0.390 e. The van der Waals surface area contributed by atoms with Gasteiger partial charge in [-0.2, -0.15) is 0 Å². The summed E-state index contributed by atoms with van der Waals surface area (Å²) in [7, 11) is 0. The van der Waals surface area contributed by atoms with Gasteiger partial charge < -0.3 is 15.9 Å². The maximum Gasteiger partial charge on any atom is 0.0836 e. The highest BCUT2D eigenvalue weighted by Crippen LogP contribution is 2.67. The van der Waals surface area contributed by atoms with Crippen LogP contribution in [0.3, 0.4) is 0 Å². The first-order valence-corrected chi connectivity index (χ1v) is 10.1. The molecule has 4 fully saturated rings. The molecule has 4 aliphatic rings. The molecular formula is C21H35NO2. The lowest BCUT2D eigenvalue weighted by atomic mass is 9.43. The van der Waals surface area contributed by atoms with Gasteiger partial charge in [0.1, 0.15) is 0 Å². The van der Waals surface area contributed by atoms with Crippen LogP contribution in [0.15, 0.2) is 11.6 Å². The van der Waals surface area contributed by atoms with E-state index in [1.54, 1.807) is 5.57 Å². The molecule has 0 bridgehead atoms. The van der Waals surface area contributed by atoms with Gasteiger partial charge in [0.15, 0.2) is 0 Å².